The molecule has 0 aliphatic carbocycles. The van der Waals surface area contributed by atoms with Crippen LogP contribution in [0.3, 0.4) is 0 Å². The fraction of sp³-hybridized carbons (Fsp3) is 0.667. The molecular formula is C6H10F3NO. The molecule has 2 nitrogen and oxygen atoms in total. The molecule has 0 aliphatic heterocycles. The Balaban J connectivity index is 3.27. The van der Waals surface area contributed by atoms with Gasteiger partial charge >= 0.3 is 6.18 Å². The average molecular weight is 169 g/mol. The van der Waals surface area contributed by atoms with Crippen LogP contribution in [-0.2, 0) is 0 Å². The molecule has 0 aromatic heterocycles. The second kappa shape index (κ2) is 5.01. The van der Waals surface area contributed by atoms with Gasteiger partial charge in [-0.1, -0.05) is 6.08 Å². The molecule has 66 valence electrons. The van der Waals surface area contributed by atoms with Gasteiger partial charge < -0.3 is 10.4 Å². The molecule has 0 atom stereocenters. The fourth-order valence-electron chi connectivity index (χ4n) is 0.416. The van der Waals surface area contributed by atoms with Crippen molar-refractivity contribution in [1.82, 2.24) is 5.32 Å². The van der Waals surface area contributed by atoms with E-state index in [9.17, 15) is 13.2 Å². The van der Waals surface area contributed by atoms with Crippen molar-refractivity contribution in [2.24, 2.45) is 0 Å². The molecule has 0 saturated heterocycles. The number of nitrogens with one attached hydrogen (secondary N) is 1. The molecule has 0 aromatic carbocycles. The van der Waals surface area contributed by atoms with Crippen LogP contribution in [0.5, 0.6) is 0 Å². The summed E-state index contributed by atoms with van der Waals surface area (Å²) in [6.07, 6.45) is -1.19. The maximum absolute atomic E-state index is 11.4. The minimum Gasteiger partial charge on any atom is -0.396 e. The van der Waals surface area contributed by atoms with Gasteiger partial charge in [0, 0.05) is 6.61 Å². The summed E-state index contributed by atoms with van der Waals surface area (Å²) >= 11 is 0. The summed E-state index contributed by atoms with van der Waals surface area (Å²) in [4.78, 5) is 0. The first kappa shape index (κ1) is 10.3. The number of hydrogen-bond acceptors (Lipinski definition) is 2. The van der Waals surface area contributed by atoms with E-state index in [4.69, 9.17) is 5.11 Å². The molecule has 0 aliphatic rings. The molecule has 0 radical (unpaired) electrons. The number of hydrogen-bond donors (Lipinski definition) is 2. The van der Waals surface area contributed by atoms with Gasteiger partial charge in [0.25, 0.3) is 0 Å². The van der Waals surface area contributed by atoms with Gasteiger partial charge in [0.05, 0.1) is 0 Å². The van der Waals surface area contributed by atoms with Gasteiger partial charge in [-0.15, -0.1) is 0 Å². The normalized spacial score (nSPS) is 12.4. The second-order valence-corrected chi connectivity index (χ2v) is 1.91. The summed E-state index contributed by atoms with van der Waals surface area (Å²) in [7, 11) is 0. The van der Waals surface area contributed by atoms with Crippen LogP contribution in [0.25, 0.3) is 0 Å². The van der Waals surface area contributed by atoms with Crippen LogP contribution in [0.1, 0.15) is 6.42 Å². The highest BCUT2D eigenvalue weighted by Gasteiger charge is 2.25. The lowest BCUT2D eigenvalue weighted by molar-refractivity contribution is -0.122. The quantitative estimate of drug-likeness (QED) is 0.658. The Morgan fingerprint density at radius 3 is 2.45 bits per heavy atom. The van der Waals surface area contributed by atoms with Crippen LogP contribution in [0.4, 0.5) is 13.2 Å². The Morgan fingerprint density at radius 1 is 1.36 bits per heavy atom. The van der Waals surface area contributed by atoms with Gasteiger partial charge in [-0.3, -0.25) is 0 Å². The smallest absolute Gasteiger partial charge is 0.396 e. The van der Waals surface area contributed by atoms with E-state index in [1.807, 2.05) is 5.32 Å². The zero-order valence-electron chi connectivity index (χ0n) is 5.86. The molecule has 5 heteroatoms. The van der Waals surface area contributed by atoms with Crippen molar-refractivity contribution in [3.8, 4) is 0 Å². The molecule has 0 spiro atoms. The highest BCUT2D eigenvalue weighted by Crippen LogP contribution is 2.11. The van der Waals surface area contributed by atoms with E-state index in [0.717, 1.165) is 0 Å². The standard InChI is InChI=1S/C6H10F3NO/c7-6(8,9)5-10-3-1-2-4-11/h1,3,10-11H,2,4-5H2. The largest absolute Gasteiger partial charge is 0.405 e. The van der Waals surface area contributed by atoms with E-state index in [1.165, 1.54) is 12.3 Å². The lowest BCUT2D eigenvalue weighted by Crippen LogP contribution is -2.24. The third kappa shape index (κ3) is 9.29. The Morgan fingerprint density at radius 2 is 2.00 bits per heavy atom. The molecule has 0 rings (SSSR count). The van der Waals surface area contributed by atoms with Crippen molar-refractivity contribution >= 4 is 0 Å². The van der Waals surface area contributed by atoms with E-state index in [1.54, 1.807) is 0 Å². The van der Waals surface area contributed by atoms with Crippen LogP contribution < -0.4 is 5.32 Å². The third-order valence-corrected chi connectivity index (χ3v) is 0.834. The summed E-state index contributed by atoms with van der Waals surface area (Å²) in [5.41, 5.74) is 0. The molecule has 0 saturated carbocycles. The highest BCUT2D eigenvalue weighted by atomic mass is 19.4. The van der Waals surface area contributed by atoms with Crippen molar-refractivity contribution in [2.75, 3.05) is 13.2 Å². The van der Waals surface area contributed by atoms with Crippen LogP contribution in [0.15, 0.2) is 12.3 Å². The van der Waals surface area contributed by atoms with Gasteiger partial charge in [-0.25, -0.2) is 0 Å². The summed E-state index contributed by atoms with van der Waals surface area (Å²) in [5, 5.41) is 10.3. The summed E-state index contributed by atoms with van der Waals surface area (Å²) in [5.74, 6) is 0. The van der Waals surface area contributed by atoms with E-state index in [-0.39, 0.29) is 6.61 Å². The topological polar surface area (TPSA) is 32.3 Å². The zero-order valence-corrected chi connectivity index (χ0v) is 5.86. The van der Waals surface area contributed by atoms with Crippen molar-refractivity contribution in [3.05, 3.63) is 12.3 Å². The Bertz CT molecular complexity index is 121. The van der Waals surface area contributed by atoms with Crippen molar-refractivity contribution in [3.63, 3.8) is 0 Å². The van der Waals surface area contributed by atoms with Gasteiger partial charge in [0.2, 0.25) is 0 Å². The summed E-state index contributed by atoms with van der Waals surface area (Å²) in [6.45, 7) is -1.08. The molecule has 0 heterocycles. The van der Waals surface area contributed by atoms with Crippen molar-refractivity contribution in [2.45, 2.75) is 12.6 Å². The molecule has 2 N–H and O–H groups in total. The van der Waals surface area contributed by atoms with E-state index < -0.39 is 12.7 Å². The predicted octanol–water partition coefficient (Wildman–Crippen LogP) is 1.03. The molecule has 0 aromatic rings. The van der Waals surface area contributed by atoms with Gasteiger partial charge in [-0.2, -0.15) is 13.2 Å². The average Bonchev–Trinajstić information content (AvgIpc) is 1.85. The lowest BCUT2D eigenvalue weighted by atomic mass is 10.4. The number of alkyl halides is 3. The monoisotopic (exact) mass is 169 g/mol. The van der Waals surface area contributed by atoms with Crippen LogP contribution in [-0.4, -0.2) is 24.4 Å². The molecule has 0 amide bonds. The highest BCUT2D eigenvalue weighted by molar-refractivity contribution is 4.79. The van der Waals surface area contributed by atoms with Crippen LogP contribution in [0.2, 0.25) is 0 Å². The first-order chi connectivity index (χ1) is 5.06. The zero-order chi connectivity index (χ0) is 8.74. The Hall–Kier alpha value is -0.710. The summed E-state index contributed by atoms with van der Waals surface area (Å²) in [6, 6.07) is 0. The minimum absolute atomic E-state index is 0.0514. The van der Waals surface area contributed by atoms with Crippen molar-refractivity contribution < 1.29 is 18.3 Å². The Labute approximate surface area is 62.7 Å². The predicted molar refractivity (Wildman–Crippen MR) is 34.9 cm³/mol. The summed E-state index contributed by atoms with van der Waals surface area (Å²) < 4.78 is 34.3. The van der Waals surface area contributed by atoms with Crippen molar-refractivity contribution in [1.29, 1.82) is 0 Å². The Kier molecular flexibility index (Phi) is 4.69. The van der Waals surface area contributed by atoms with Crippen LogP contribution in [0, 0.1) is 0 Å². The SMILES string of the molecule is OCCC=CNCC(F)(F)F. The minimum atomic E-state index is -4.18. The van der Waals surface area contributed by atoms with Gasteiger partial charge in [-0.05, 0) is 12.6 Å². The molecule has 11 heavy (non-hydrogen) atoms. The number of rotatable bonds is 4. The number of aliphatic hydroxyl groups is 1. The van der Waals surface area contributed by atoms with E-state index in [2.05, 4.69) is 0 Å². The first-order valence-corrected chi connectivity index (χ1v) is 3.12. The van der Waals surface area contributed by atoms with Crippen LogP contribution >= 0.6 is 0 Å². The molecular weight excluding hydrogens is 159 g/mol. The maximum atomic E-state index is 11.4. The van der Waals surface area contributed by atoms with E-state index >= 15 is 0 Å². The lowest BCUT2D eigenvalue weighted by Gasteiger charge is -2.04. The maximum Gasteiger partial charge on any atom is 0.405 e. The second-order valence-electron chi connectivity index (χ2n) is 1.91. The van der Waals surface area contributed by atoms with Gasteiger partial charge in [0.15, 0.2) is 0 Å². The van der Waals surface area contributed by atoms with Gasteiger partial charge in [0.1, 0.15) is 6.54 Å². The number of aliphatic hydroxyl groups excluding tert-OH is 1. The molecule has 0 bridgehead atoms. The number of halogens is 3. The third-order valence-electron chi connectivity index (χ3n) is 0.834. The fourth-order valence-corrected chi connectivity index (χ4v) is 0.416. The molecule has 0 fully saturated rings. The van der Waals surface area contributed by atoms with E-state index in [0.29, 0.717) is 6.42 Å². The molecule has 0 unspecified atom stereocenters. The first-order valence-electron chi connectivity index (χ1n) is 3.12.